The van der Waals surface area contributed by atoms with Crippen LogP contribution >= 0.6 is 11.8 Å². The molecule has 0 saturated carbocycles. The molecule has 1 N–H and O–H groups in total. The fourth-order valence-electron chi connectivity index (χ4n) is 4.01. The predicted molar refractivity (Wildman–Crippen MR) is 90.7 cm³/mol. The highest BCUT2D eigenvalue weighted by molar-refractivity contribution is 7.99. The molecule has 5 heteroatoms. The molecule has 0 aromatic heterocycles. The van der Waals surface area contributed by atoms with Crippen LogP contribution in [0.2, 0.25) is 0 Å². The summed E-state index contributed by atoms with van der Waals surface area (Å²) < 4.78 is 27.1. The minimum absolute atomic E-state index is 0.0573. The SMILES string of the molecule is OC[C@@]1(Cc2ccc(F)cc2F)CCCN(C2CCSCC2)C1. The largest absolute Gasteiger partial charge is 0.396 e. The Hall–Kier alpha value is -0.650. The van der Waals surface area contributed by atoms with E-state index in [4.69, 9.17) is 0 Å². The summed E-state index contributed by atoms with van der Waals surface area (Å²) in [7, 11) is 0. The van der Waals surface area contributed by atoms with Gasteiger partial charge in [0.25, 0.3) is 0 Å². The van der Waals surface area contributed by atoms with Gasteiger partial charge in [0.05, 0.1) is 6.61 Å². The quantitative estimate of drug-likeness (QED) is 0.907. The molecule has 128 valence electrons. The highest BCUT2D eigenvalue weighted by Crippen LogP contribution is 2.36. The molecule has 2 saturated heterocycles. The summed E-state index contributed by atoms with van der Waals surface area (Å²) in [5.74, 6) is 1.37. The third kappa shape index (κ3) is 4.06. The van der Waals surface area contributed by atoms with Crippen molar-refractivity contribution in [2.75, 3.05) is 31.2 Å². The molecule has 0 spiro atoms. The first-order valence-corrected chi connectivity index (χ1v) is 9.64. The van der Waals surface area contributed by atoms with Crippen LogP contribution < -0.4 is 0 Å². The number of likely N-dealkylation sites (tertiary alicyclic amines) is 1. The monoisotopic (exact) mass is 341 g/mol. The van der Waals surface area contributed by atoms with Gasteiger partial charge >= 0.3 is 0 Å². The zero-order valence-corrected chi connectivity index (χ0v) is 14.3. The van der Waals surface area contributed by atoms with Gasteiger partial charge in [-0.2, -0.15) is 11.8 Å². The summed E-state index contributed by atoms with van der Waals surface area (Å²) in [6.07, 6.45) is 4.83. The van der Waals surface area contributed by atoms with E-state index in [0.717, 1.165) is 32.0 Å². The summed E-state index contributed by atoms with van der Waals surface area (Å²) in [6, 6.07) is 4.38. The lowest BCUT2D eigenvalue weighted by Crippen LogP contribution is -2.51. The molecule has 1 aromatic rings. The van der Waals surface area contributed by atoms with Gasteiger partial charge in [0.1, 0.15) is 11.6 Å². The molecule has 1 aromatic carbocycles. The van der Waals surface area contributed by atoms with Crippen molar-refractivity contribution < 1.29 is 13.9 Å². The summed E-state index contributed by atoms with van der Waals surface area (Å²) >= 11 is 2.01. The minimum atomic E-state index is -0.547. The first-order chi connectivity index (χ1) is 11.1. The van der Waals surface area contributed by atoms with E-state index in [1.54, 1.807) is 0 Å². The van der Waals surface area contributed by atoms with Crippen molar-refractivity contribution >= 4 is 11.8 Å². The molecule has 0 radical (unpaired) electrons. The normalized spacial score (nSPS) is 27.3. The molecule has 1 atom stereocenters. The Morgan fingerprint density at radius 2 is 2.04 bits per heavy atom. The van der Waals surface area contributed by atoms with E-state index in [1.165, 1.54) is 36.5 Å². The van der Waals surface area contributed by atoms with Crippen molar-refractivity contribution in [3.05, 3.63) is 35.4 Å². The highest BCUT2D eigenvalue weighted by atomic mass is 32.2. The summed E-state index contributed by atoms with van der Waals surface area (Å²) in [4.78, 5) is 2.50. The minimum Gasteiger partial charge on any atom is -0.396 e. The smallest absolute Gasteiger partial charge is 0.129 e. The zero-order valence-electron chi connectivity index (χ0n) is 13.4. The number of rotatable bonds is 4. The fraction of sp³-hybridized carbons (Fsp3) is 0.667. The number of aliphatic hydroxyl groups excluding tert-OH is 1. The molecular weight excluding hydrogens is 316 g/mol. The van der Waals surface area contributed by atoms with Crippen LogP contribution in [-0.4, -0.2) is 47.3 Å². The van der Waals surface area contributed by atoms with Crippen molar-refractivity contribution in [1.82, 2.24) is 4.90 Å². The molecule has 2 aliphatic rings. The molecule has 0 amide bonds. The predicted octanol–water partition coefficient (Wildman–Crippen LogP) is 3.48. The number of thioether (sulfide) groups is 1. The second-order valence-electron chi connectivity index (χ2n) is 6.99. The molecule has 2 nitrogen and oxygen atoms in total. The van der Waals surface area contributed by atoms with Gasteiger partial charge in [0.15, 0.2) is 0 Å². The Bertz CT molecular complexity index is 536. The van der Waals surface area contributed by atoms with E-state index in [9.17, 15) is 13.9 Å². The average Bonchev–Trinajstić information content (AvgIpc) is 2.58. The Morgan fingerprint density at radius 3 is 2.74 bits per heavy atom. The maximum atomic E-state index is 14.0. The molecule has 2 fully saturated rings. The molecule has 2 heterocycles. The number of hydrogen-bond donors (Lipinski definition) is 1. The Labute approximate surface area is 141 Å². The summed E-state index contributed by atoms with van der Waals surface area (Å²) in [5, 5.41) is 10.0. The van der Waals surface area contributed by atoms with Crippen LogP contribution in [0, 0.1) is 17.0 Å². The lowest BCUT2D eigenvalue weighted by atomic mass is 9.75. The molecule has 0 unspecified atom stereocenters. The second-order valence-corrected chi connectivity index (χ2v) is 8.21. The van der Waals surface area contributed by atoms with Gasteiger partial charge in [-0.15, -0.1) is 0 Å². The standard InChI is InChI=1S/C18H25F2NOS/c19-15-3-2-14(17(20)10-15)11-18(13-22)6-1-7-21(12-18)16-4-8-23-9-5-16/h2-3,10,16,22H,1,4-9,11-13H2/t18-/m1/s1. The number of aliphatic hydroxyl groups is 1. The van der Waals surface area contributed by atoms with Crippen LogP contribution in [0.1, 0.15) is 31.2 Å². The maximum Gasteiger partial charge on any atom is 0.129 e. The Kier molecular flexibility index (Phi) is 5.60. The van der Waals surface area contributed by atoms with Crippen molar-refractivity contribution in [3.63, 3.8) is 0 Å². The lowest BCUT2D eigenvalue weighted by molar-refractivity contribution is 0.0101. The molecule has 2 aliphatic heterocycles. The van der Waals surface area contributed by atoms with E-state index in [1.807, 2.05) is 11.8 Å². The number of nitrogens with zero attached hydrogens (tertiary/aromatic N) is 1. The molecule has 3 rings (SSSR count). The van der Waals surface area contributed by atoms with Crippen LogP contribution in [0.3, 0.4) is 0 Å². The lowest BCUT2D eigenvalue weighted by Gasteiger charge is -2.46. The van der Waals surface area contributed by atoms with Gasteiger partial charge < -0.3 is 5.11 Å². The van der Waals surface area contributed by atoms with Gasteiger partial charge in [0, 0.05) is 24.1 Å². The van der Waals surface area contributed by atoms with Crippen LogP contribution in [-0.2, 0) is 6.42 Å². The van der Waals surface area contributed by atoms with Gasteiger partial charge in [0.2, 0.25) is 0 Å². The second kappa shape index (κ2) is 7.49. The summed E-state index contributed by atoms with van der Waals surface area (Å²) in [5.41, 5.74) is 0.211. The van der Waals surface area contributed by atoms with Gasteiger partial charge in [-0.1, -0.05) is 6.07 Å². The number of benzene rings is 1. The van der Waals surface area contributed by atoms with E-state index >= 15 is 0 Å². The van der Waals surface area contributed by atoms with E-state index in [-0.39, 0.29) is 12.0 Å². The average molecular weight is 341 g/mol. The maximum absolute atomic E-state index is 14.0. The van der Waals surface area contributed by atoms with Gasteiger partial charge in [-0.25, -0.2) is 8.78 Å². The molecule has 23 heavy (non-hydrogen) atoms. The molecule has 0 bridgehead atoms. The van der Waals surface area contributed by atoms with Gasteiger partial charge in [-0.05, 0) is 61.8 Å². The molecule has 0 aliphatic carbocycles. The van der Waals surface area contributed by atoms with E-state index < -0.39 is 11.6 Å². The van der Waals surface area contributed by atoms with Crippen LogP contribution in [0.5, 0.6) is 0 Å². The van der Waals surface area contributed by atoms with Crippen LogP contribution in [0.15, 0.2) is 18.2 Å². The van der Waals surface area contributed by atoms with E-state index in [2.05, 4.69) is 4.90 Å². The van der Waals surface area contributed by atoms with Gasteiger partial charge in [-0.3, -0.25) is 4.90 Å². The van der Waals surface area contributed by atoms with Crippen molar-refractivity contribution in [3.8, 4) is 0 Å². The van der Waals surface area contributed by atoms with Crippen LogP contribution in [0.25, 0.3) is 0 Å². The first kappa shape index (κ1) is 17.2. The van der Waals surface area contributed by atoms with E-state index in [0.29, 0.717) is 18.0 Å². The Morgan fingerprint density at radius 1 is 1.26 bits per heavy atom. The first-order valence-electron chi connectivity index (χ1n) is 8.48. The Balaban J connectivity index is 1.73. The fourth-order valence-corrected chi connectivity index (χ4v) is 5.09. The van der Waals surface area contributed by atoms with Crippen LogP contribution in [0.4, 0.5) is 8.78 Å². The number of halogens is 2. The summed E-state index contributed by atoms with van der Waals surface area (Å²) in [6.45, 7) is 1.94. The highest BCUT2D eigenvalue weighted by Gasteiger charge is 2.38. The van der Waals surface area contributed by atoms with Crippen molar-refractivity contribution in [1.29, 1.82) is 0 Å². The van der Waals surface area contributed by atoms with Crippen molar-refractivity contribution in [2.45, 2.75) is 38.1 Å². The molecular formula is C18H25F2NOS. The topological polar surface area (TPSA) is 23.5 Å². The number of hydrogen-bond acceptors (Lipinski definition) is 3. The zero-order chi connectivity index (χ0) is 16.3. The third-order valence-electron chi connectivity index (χ3n) is 5.31. The van der Waals surface area contributed by atoms with Crippen molar-refractivity contribution in [2.24, 2.45) is 5.41 Å². The number of piperidine rings is 1. The third-order valence-corrected chi connectivity index (χ3v) is 6.36.